The van der Waals surface area contributed by atoms with Gasteiger partial charge in [-0.15, -0.1) is 0 Å². The number of rotatable bonds is 5. The van der Waals surface area contributed by atoms with Crippen LogP contribution >= 0.6 is 0 Å². The van der Waals surface area contributed by atoms with Crippen LogP contribution in [0.2, 0.25) is 0 Å². The Balaban J connectivity index is 2.20. The predicted molar refractivity (Wildman–Crippen MR) is 76.7 cm³/mol. The van der Waals surface area contributed by atoms with Crippen LogP contribution in [0.3, 0.4) is 0 Å². The van der Waals surface area contributed by atoms with E-state index in [1.807, 2.05) is 0 Å². The molecule has 1 aliphatic carbocycles. The van der Waals surface area contributed by atoms with E-state index in [1.54, 1.807) is 0 Å². The second-order valence-corrected chi connectivity index (χ2v) is 5.66. The largest absolute Gasteiger partial charge is 0.310 e. The van der Waals surface area contributed by atoms with Crippen molar-refractivity contribution in [1.82, 2.24) is 10.3 Å². The molecule has 1 saturated carbocycles. The number of hydrogen-bond acceptors (Lipinski definition) is 2. The van der Waals surface area contributed by atoms with Gasteiger partial charge in [0, 0.05) is 17.4 Å². The number of aryl methyl sites for hydroxylation is 2. The molecule has 0 aliphatic heterocycles. The average Bonchev–Trinajstić information content (AvgIpc) is 2.82. The molecule has 2 nitrogen and oxygen atoms in total. The lowest BCUT2D eigenvalue weighted by molar-refractivity contribution is 0.367. The fraction of sp³-hybridized carbons (Fsp3) is 0.688. The van der Waals surface area contributed by atoms with Crippen LogP contribution in [-0.4, -0.2) is 11.5 Å². The van der Waals surface area contributed by atoms with E-state index in [2.05, 4.69) is 43.2 Å². The molecule has 0 aromatic carbocycles. The van der Waals surface area contributed by atoms with Crippen LogP contribution in [0.15, 0.2) is 12.1 Å². The summed E-state index contributed by atoms with van der Waals surface area (Å²) >= 11 is 0. The van der Waals surface area contributed by atoms with Gasteiger partial charge in [-0.2, -0.15) is 0 Å². The standard InChI is InChI=1S/C16H26N2/c1-4-9-17-16(14-7-5-6-8-14)15-10-12(2)18-13(3)11-15/h10-11,14,16-17H,4-9H2,1-3H3. The van der Waals surface area contributed by atoms with Gasteiger partial charge in [-0.05, 0) is 63.3 Å². The van der Waals surface area contributed by atoms with E-state index in [0.717, 1.165) is 23.9 Å². The van der Waals surface area contributed by atoms with Crippen molar-refractivity contribution in [3.8, 4) is 0 Å². The fourth-order valence-electron chi connectivity index (χ4n) is 3.19. The van der Waals surface area contributed by atoms with Crippen molar-refractivity contribution in [2.24, 2.45) is 5.92 Å². The molecule has 0 amide bonds. The topological polar surface area (TPSA) is 24.9 Å². The smallest absolute Gasteiger partial charge is 0.0379 e. The van der Waals surface area contributed by atoms with Crippen molar-refractivity contribution in [1.29, 1.82) is 0 Å². The van der Waals surface area contributed by atoms with Crippen molar-refractivity contribution in [3.63, 3.8) is 0 Å². The molecule has 1 aromatic heterocycles. The first-order valence-electron chi connectivity index (χ1n) is 7.39. The summed E-state index contributed by atoms with van der Waals surface area (Å²) in [5, 5.41) is 3.75. The quantitative estimate of drug-likeness (QED) is 0.851. The Morgan fingerprint density at radius 1 is 1.22 bits per heavy atom. The number of pyridine rings is 1. The highest BCUT2D eigenvalue weighted by atomic mass is 14.9. The lowest BCUT2D eigenvalue weighted by Crippen LogP contribution is -2.28. The Bertz CT molecular complexity index is 360. The first-order chi connectivity index (χ1) is 8.70. The zero-order chi connectivity index (χ0) is 13.0. The molecule has 0 spiro atoms. The SMILES string of the molecule is CCCNC(c1cc(C)nc(C)c1)C1CCCC1. The second-order valence-electron chi connectivity index (χ2n) is 5.66. The van der Waals surface area contributed by atoms with E-state index in [1.165, 1.54) is 37.7 Å². The summed E-state index contributed by atoms with van der Waals surface area (Å²) < 4.78 is 0. The molecule has 0 saturated heterocycles. The zero-order valence-corrected chi connectivity index (χ0v) is 12.0. The molecular formula is C16H26N2. The molecule has 1 unspecified atom stereocenters. The molecule has 1 heterocycles. The molecule has 0 radical (unpaired) electrons. The van der Waals surface area contributed by atoms with Crippen molar-refractivity contribution in [2.75, 3.05) is 6.54 Å². The predicted octanol–water partition coefficient (Wildman–Crippen LogP) is 3.93. The van der Waals surface area contributed by atoms with Gasteiger partial charge in [0.2, 0.25) is 0 Å². The Morgan fingerprint density at radius 2 is 1.83 bits per heavy atom. The van der Waals surface area contributed by atoms with Crippen molar-refractivity contribution in [3.05, 3.63) is 29.1 Å². The van der Waals surface area contributed by atoms with E-state index in [4.69, 9.17) is 0 Å². The van der Waals surface area contributed by atoms with Gasteiger partial charge in [-0.1, -0.05) is 19.8 Å². The Labute approximate surface area is 111 Å². The Kier molecular flexibility index (Phi) is 4.76. The normalized spacial score (nSPS) is 18.2. The van der Waals surface area contributed by atoms with Crippen LogP contribution in [0, 0.1) is 19.8 Å². The highest BCUT2D eigenvalue weighted by Gasteiger charge is 2.26. The lowest BCUT2D eigenvalue weighted by Gasteiger charge is -2.25. The van der Waals surface area contributed by atoms with Crippen LogP contribution in [0.4, 0.5) is 0 Å². The van der Waals surface area contributed by atoms with Gasteiger partial charge in [-0.25, -0.2) is 0 Å². The molecular weight excluding hydrogens is 220 g/mol. The van der Waals surface area contributed by atoms with Gasteiger partial charge < -0.3 is 5.32 Å². The molecule has 18 heavy (non-hydrogen) atoms. The van der Waals surface area contributed by atoms with Gasteiger partial charge in [0.1, 0.15) is 0 Å². The maximum absolute atomic E-state index is 4.50. The van der Waals surface area contributed by atoms with Crippen LogP contribution in [0.5, 0.6) is 0 Å². The minimum atomic E-state index is 0.535. The third kappa shape index (κ3) is 3.32. The van der Waals surface area contributed by atoms with Gasteiger partial charge in [0.15, 0.2) is 0 Å². The van der Waals surface area contributed by atoms with Gasteiger partial charge in [0.25, 0.3) is 0 Å². The van der Waals surface area contributed by atoms with Crippen molar-refractivity contribution in [2.45, 2.75) is 58.9 Å². The third-order valence-electron chi connectivity index (χ3n) is 3.95. The minimum absolute atomic E-state index is 0.535. The summed E-state index contributed by atoms with van der Waals surface area (Å²) in [6, 6.07) is 5.06. The van der Waals surface area contributed by atoms with Gasteiger partial charge in [-0.3, -0.25) is 4.98 Å². The molecule has 1 N–H and O–H groups in total. The van der Waals surface area contributed by atoms with E-state index in [-0.39, 0.29) is 0 Å². The molecule has 1 aromatic rings. The first-order valence-corrected chi connectivity index (χ1v) is 7.39. The molecule has 1 fully saturated rings. The molecule has 2 heteroatoms. The van der Waals surface area contributed by atoms with Gasteiger partial charge >= 0.3 is 0 Å². The average molecular weight is 246 g/mol. The van der Waals surface area contributed by atoms with Crippen LogP contribution < -0.4 is 5.32 Å². The maximum Gasteiger partial charge on any atom is 0.0379 e. The summed E-state index contributed by atoms with van der Waals surface area (Å²) in [5.41, 5.74) is 3.73. The zero-order valence-electron chi connectivity index (χ0n) is 12.0. The molecule has 0 bridgehead atoms. The Morgan fingerprint density at radius 3 is 2.39 bits per heavy atom. The number of hydrogen-bond donors (Lipinski definition) is 1. The number of nitrogens with zero attached hydrogens (tertiary/aromatic N) is 1. The minimum Gasteiger partial charge on any atom is -0.310 e. The number of aromatic nitrogens is 1. The monoisotopic (exact) mass is 246 g/mol. The van der Waals surface area contributed by atoms with E-state index in [0.29, 0.717) is 6.04 Å². The van der Waals surface area contributed by atoms with Crippen LogP contribution in [0.1, 0.15) is 62.0 Å². The second kappa shape index (κ2) is 6.33. The highest BCUT2D eigenvalue weighted by Crippen LogP contribution is 2.36. The number of nitrogens with one attached hydrogen (secondary N) is 1. The van der Waals surface area contributed by atoms with Crippen LogP contribution in [0.25, 0.3) is 0 Å². The third-order valence-corrected chi connectivity index (χ3v) is 3.95. The van der Waals surface area contributed by atoms with E-state index >= 15 is 0 Å². The summed E-state index contributed by atoms with van der Waals surface area (Å²) in [4.78, 5) is 4.50. The van der Waals surface area contributed by atoms with Crippen molar-refractivity contribution < 1.29 is 0 Å². The first kappa shape index (κ1) is 13.5. The molecule has 1 aliphatic rings. The highest BCUT2D eigenvalue weighted by molar-refractivity contribution is 5.24. The van der Waals surface area contributed by atoms with E-state index in [9.17, 15) is 0 Å². The van der Waals surface area contributed by atoms with Crippen LogP contribution in [-0.2, 0) is 0 Å². The molecule has 100 valence electrons. The van der Waals surface area contributed by atoms with Gasteiger partial charge in [0.05, 0.1) is 0 Å². The summed E-state index contributed by atoms with van der Waals surface area (Å²) in [6.45, 7) is 7.55. The maximum atomic E-state index is 4.50. The Hall–Kier alpha value is -0.890. The summed E-state index contributed by atoms with van der Waals surface area (Å²) in [5.74, 6) is 0.817. The lowest BCUT2D eigenvalue weighted by atomic mass is 9.91. The van der Waals surface area contributed by atoms with Crippen molar-refractivity contribution >= 4 is 0 Å². The molecule has 1 atom stereocenters. The summed E-state index contributed by atoms with van der Waals surface area (Å²) in [7, 11) is 0. The molecule has 2 rings (SSSR count). The fourth-order valence-corrected chi connectivity index (χ4v) is 3.19. The van der Waals surface area contributed by atoms with E-state index < -0.39 is 0 Å². The summed E-state index contributed by atoms with van der Waals surface area (Å²) in [6.07, 6.45) is 6.76.